The first-order chi connectivity index (χ1) is 9.51. The third kappa shape index (κ3) is 3.51. The molecule has 2 unspecified atom stereocenters. The number of nitrogens with one attached hydrogen (secondary N) is 2. The Morgan fingerprint density at radius 2 is 2.10 bits per heavy atom. The van der Waals surface area contributed by atoms with E-state index in [1.807, 2.05) is 6.07 Å². The Morgan fingerprint density at radius 1 is 1.40 bits per heavy atom. The van der Waals surface area contributed by atoms with Crippen LogP contribution in [-0.2, 0) is 10.0 Å². The molecule has 1 saturated carbocycles. The first-order valence-corrected chi connectivity index (χ1v) is 9.22. The molecule has 5 nitrogen and oxygen atoms in total. The van der Waals surface area contributed by atoms with Crippen molar-refractivity contribution in [3.8, 4) is 6.07 Å². The predicted octanol–water partition coefficient (Wildman–Crippen LogP) is 1.66. The molecule has 2 fully saturated rings. The van der Waals surface area contributed by atoms with Crippen LogP contribution in [0.5, 0.6) is 0 Å². The van der Waals surface area contributed by atoms with Gasteiger partial charge in [0.25, 0.3) is 0 Å². The van der Waals surface area contributed by atoms with Crippen molar-refractivity contribution in [1.82, 2.24) is 10.0 Å². The molecule has 6 heteroatoms. The summed E-state index contributed by atoms with van der Waals surface area (Å²) in [6.45, 7) is 2.59. The normalized spacial score (nSPS) is 27.9. The number of nitrogens with zero attached hydrogens (tertiary/aromatic N) is 1. The van der Waals surface area contributed by atoms with Gasteiger partial charge in [-0.2, -0.15) is 5.26 Å². The van der Waals surface area contributed by atoms with Gasteiger partial charge in [-0.25, -0.2) is 13.1 Å². The zero-order valence-corrected chi connectivity index (χ0v) is 13.0. The van der Waals surface area contributed by atoms with E-state index in [1.54, 1.807) is 6.92 Å². The van der Waals surface area contributed by atoms with Gasteiger partial charge in [-0.3, -0.25) is 0 Å². The van der Waals surface area contributed by atoms with Crippen LogP contribution >= 0.6 is 0 Å². The molecule has 1 spiro atoms. The van der Waals surface area contributed by atoms with E-state index in [9.17, 15) is 8.42 Å². The van der Waals surface area contributed by atoms with E-state index in [1.165, 1.54) is 19.3 Å². The highest BCUT2D eigenvalue weighted by Gasteiger charge is 2.38. The second-order valence-electron chi connectivity index (χ2n) is 6.15. The van der Waals surface area contributed by atoms with E-state index in [2.05, 4.69) is 10.0 Å². The molecular weight excluding hydrogens is 274 g/mol. The number of sulfonamides is 1. The highest BCUT2D eigenvalue weighted by molar-refractivity contribution is 7.90. The van der Waals surface area contributed by atoms with E-state index in [0.29, 0.717) is 6.42 Å². The zero-order chi connectivity index (χ0) is 14.6. The summed E-state index contributed by atoms with van der Waals surface area (Å²) in [5, 5.41) is 11.6. The summed E-state index contributed by atoms with van der Waals surface area (Å²) >= 11 is 0. The van der Waals surface area contributed by atoms with Crippen molar-refractivity contribution in [2.75, 3.05) is 6.54 Å². The molecule has 2 N–H and O–H groups in total. The minimum Gasteiger partial charge on any atom is -0.311 e. The van der Waals surface area contributed by atoms with E-state index < -0.39 is 15.3 Å². The van der Waals surface area contributed by atoms with Crippen LogP contribution in [0.3, 0.4) is 0 Å². The fourth-order valence-corrected chi connectivity index (χ4v) is 4.97. The summed E-state index contributed by atoms with van der Waals surface area (Å²) in [7, 11) is -3.52. The predicted molar refractivity (Wildman–Crippen MR) is 78.6 cm³/mol. The van der Waals surface area contributed by atoms with Crippen LogP contribution in [0.2, 0.25) is 0 Å². The standard InChI is InChI=1S/C14H25N3O2S/c1-2-13(11-15)20(18,19)17-12-6-9-16-14(10-12)7-4-3-5-8-14/h12-13,16-17H,2-10H2,1H3. The maximum absolute atomic E-state index is 12.2. The average Bonchev–Trinajstić information content (AvgIpc) is 2.40. The molecule has 1 saturated heterocycles. The van der Waals surface area contributed by atoms with Crippen LogP contribution < -0.4 is 10.0 Å². The SMILES string of the molecule is CCC(C#N)S(=O)(=O)NC1CCNC2(CCCCC2)C1. The van der Waals surface area contributed by atoms with E-state index in [4.69, 9.17) is 5.26 Å². The lowest BCUT2D eigenvalue weighted by molar-refractivity contribution is 0.165. The molecule has 0 aromatic carbocycles. The summed E-state index contributed by atoms with van der Waals surface area (Å²) in [5.41, 5.74) is 0.123. The third-order valence-electron chi connectivity index (χ3n) is 4.66. The summed E-state index contributed by atoms with van der Waals surface area (Å²) < 4.78 is 27.1. The molecular formula is C14H25N3O2S. The molecule has 0 aromatic rings. The molecule has 1 heterocycles. The molecule has 2 rings (SSSR count). The quantitative estimate of drug-likeness (QED) is 0.827. The van der Waals surface area contributed by atoms with Gasteiger partial charge in [0.15, 0.2) is 5.25 Å². The Hall–Kier alpha value is -0.640. The van der Waals surface area contributed by atoms with Crippen molar-refractivity contribution in [3.05, 3.63) is 0 Å². The van der Waals surface area contributed by atoms with Crippen LogP contribution in [0.25, 0.3) is 0 Å². The van der Waals surface area contributed by atoms with E-state index in [-0.39, 0.29) is 11.6 Å². The summed E-state index contributed by atoms with van der Waals surface area (Å²) in [4.78, 5) is 0. The Kier molecular flexibility index (Phi) is 5.05. The molecule has 2 aliphatic rings. The van der Waals surface area contributed by atoms with Gasteiger partial charge >= 0.3 is 0 Å². The first-order valence-electron chi connectivity index (χ1n) is 7.67. The van der Waals surface area contributed by atoms with Gasteiger partial charge in [0, 0.05) is 11.6 Å². The van der Waals surface area contributed by atoms with Crippen molar-refractivity contribution in [2.45, 2.75) is 75.1 Å². The highest BCUT2D eigenvalue weighted by Crippen LogP contribution is 2.34. The second-order valence-corrected chi connectivity index (χ2v) is 8.04. The summed E-state index contributed by atoms with van der Waals surface area (Å²) in [6.07, 6.45) is 8.01. The molecule has 0 aromatic heterocycles. The summed E-state index contributed by atoms with van der Waals surface area (Å²) in [6, 6.07) is 1.86. The topological polar surface area (TPSA) is 82.0 Å². The van der Waals surface area contributed by atoms with Crippen LogP contribution in [0.4, 0.5) is 0 Å². The number of hydrogen-bond donors (Lipinski definition) is 2. The van der Waals surface area contributed by atoms with E-state index >= 15 is 0 Å². The lowest BCUT2D eigenvalue weighted by atomic mass is 9.75. The van der Waals surface area contributed by atoms with Crippen molar-refractivity contribution >= 4 is 10.0 Å². The van der Waals surface area contributed by atoms with Gasteiger partial charge in [0.2, 0.25) is 10.0 Å². The van der Waals surface area contributed by atoms with E-state index in [0.717, 1.165) is 32.2 Å². The maximum atomic E-state index is 12.2. The molecule has 114 valence electrons. The summed E-state index contributed by atoms with van der Waals surface area (Å²) in [5.74, 6) is 0. The van der Waals surface area contributed by atoms with Gasteiger partial charge < -0.3 is 5.32 Å². The molecule has 0 bridgehead atoms. The number of hydrogen-bond acceptors (Lipinski definition) is 4. The first kappa shape index (κ1) is 15.7. The smallest absolute Gasteiger partial charge is 0.228 e. The Labute approximate surface area is 122 Å². The maximum Gasteiger partial charge on any atom is 0.228 e. The molecule has 0 radical (unpaired) electrons. The van der Waals surface area contributed by atoms with Crippen molar-refractivity contribution in [3.63, 3.8) is 0 Å². The number of nitriles is 1. The zero-order valence-electron chi connectivity index (χ0n) is 12.2. The van der Waals surface area contributed by atoms with Crippen molar-refractivity contribution < 1.29 is 8.42 Å². The Balaban J connectivity index is 2.01. The van der Waals surface area contributed by atoms with Gasteiger partial charge in [0.05, 0.1) is 6.07 Å². The van der Waals surface area contributed by atoms with Crippen molar-refractivity contribution in [2.24, 2.45) is 0 Å². The fourth-order valence-electron chi connectivity index (χ4n) is 3.56. The average molecular weight is 299 g/mol. The van der Waals surface area contributed by atoms with Crippen molar-refractivity contribution in [1.29, 1.82) is 5.26 Å². The monoisotopic (exact) mass is 299 g/mol. The molecule has 0 amide bonds. The minimum absolute atomic E-state index is 0.0262. The Bertz CT molecular complexity index is 458. The second kappa shape index (κ2) is 6.42. The number of piperidine rings is 1. The molecule has 2 atom stereocenters. The van der Waals surface area contributed by atoms with Gasteiger partial charge in [0.1, 0.15) is 0 Å². The molecule has 1 aliphatic heterocycles. The van der Waals surface area contributed by atoms with Gasteiger partial charge in [-0.1, -0.05) is 26.2 Å². The third-order valence-corrected chi connectivity index (χ3v) is 6.51. The largest absolute Gasteiger partial charge is 0.311 e. The lowest BCUT2D eigenvalue weighted by Crippen LogP contribution is -2.57. The highest BCUT2D eigenvalue weighted by atomic mass is 32.2. The van der Waals surface area contributed by atoms with Crippen LogP contribution in [0.15, 0.2) is 0 Å². The molecule has 20 heavy (non-hydrogen) atoms. The number of rotatable bonds is 4. The molecule has 1 aliphatic carbocycles. The van der Waals surface area contributed by atoms with Gasteiger partial charge in [-0.15, -0.1) is 0 Å². The minimum atomic E-state index is -3.52. The fraction of sp³-hybridized carbons (Fsp3) is 0.929. The van der Waals surface area contributed by atoms with Gasteiger partial charge in [-0.05, 0) is 38.6 Å². The van der Waals surface area contributed by atoms with Crippen LogP contribution in [0, 0.1) is 11.3 Å². The van der Waals surface area contributed by atoms with Crippen LogP contribution in [-0.4, -0.2) is 31.8 Å². The Morgan fingerprint density at radius 3 is 2.70 bits per heavy atom. The van der Waals surface area contributed by atoms with Crippen LogP contribution in [0.1, 0.15) is 58.3 Å². The lowest BCUT2D eigenvalue weighted by Gasteiger charge is -2.44.